The molecule has 0 bridgehead atoms. The first-order chi connectivity index (χ1) is 21.2. The maximum atomic E-state index is 13.3. The van der Waals surface area contributed by atoms with Gasteiger partial charge in [0, 0.05) is 18.4 Å². The van der Waals surface area contributed by atoms with E-state index in [9.17, 15) is 14.7 Å². The lowest BCUT2D eigenvalue weighted by Gasteiger charge is -2.47. The summed E-state index contributed by atoms with van der Waals surface area (Å²) in [6.07, 6.45) is 2.91. The monoisotopic (exact) mass is 632 g/mol. The first-order valence-electron chi connectivity index (χ1n) is 16.0. The van der Waals surface area contributed by atoms with Crippen LogP contribution in [0.25, 0.3) is 0 Å². The lowest BCUT2D eigenvalue weighted by molar-refractivity contribution is -0.162. The normalized spacial score (nSPS) is 22.5. The third-order valence-corrected chi connectivity index (χ3v) is 13.6. The molecule has 1 aliphatic heterocycles. The van der Waals surface area contributed by atoms with Crippen LogP contribution in [0.5, 0.6) is 0 Å². The number of carbonyl (C=O) groups excluding carboxylic acids is 2. The summed E-state index contributed by atoms with van der Waals surface area (Å²) in [6, 6.07) is 20.6. The predicted octanol–water partition coefficient (Wildman–Crippen LogP) is 6.81. The van der Waals surface area contributed by atoms with Gasteiger partial charge < -0.3 is 19.0 Å². The Kier molecular flexibility index (Phi) is 12.7. The van der Waals surface area contributed by atoms with Gasteiger partial charge in [-0.1, -0.05) is 114 Å². The molecular weight excluding hydrogens is 580 g/mol. The lowest BCUT2D eigenvalue weighted by Crippen LogP contribution is -2.69. The van der Waals surface area contributed by atoms with Gasteiger partial charge in [0.15, 0.2) is 6.10 Å². The molecule has 0 radical (unpaired) electrons. The molecular formula is C38H52O6Si. The van der Waals surface area contributed by atoms with E-state index < -0.39 is 44.7 Å². The topological polar surface area (TPSA) is 82.1 Å². The fourth-order valence-electron chi connectivity index (χ4n) is 5.84. The Morgan fingerprint density at radius 3 is 2.04 bits per heavy atom. The Balaban J connectivity index is 2.32. The van der Waals surface area contributed by atoms with Gasteiger partial charge >= 0.3 is 11.9 Å². The second-order valence-corrected chi connectivity index (χ2v) is 17.8. The number of allylic oxidation sites excluding steroid dienone is 1. The molecule has 7 heteroatoms. The van der Waals surface area contributed by atoms with E-state index in [1.807, 2.05) is 83.2 Å². The third-order valence-electron chi connectivity index (χ3n) is 8.54. The molecule has 1 unspecified atom stereocenters. The molecule has 1 aliphatic rings. The molecule has 45 heavy (non-hydrogen) atoms. The minimum absolute atomic E-state index is 0.0787. The van der Waals surface area contributed by atoms with Crippen molar-refractivity contribution in [2.24, 2.45) is 5.92 Å². The van der Waals surface area contributed by atoms with Gasteiger partial charge in [0.1, 0.15) is 12.2 Å². The number of carbonyl (C=O) groups is 2. The minimum atomic E-state index is -3.15. The van der Waals surface area contributed by atoms with Crippen LogP contribution in [0.15, 0.2) is 95.6 Å². The highest BCUT2D eigenvalue weighted by atomic mass is 28.4. The first kappa shape index (κ1) is 36.2. The fraction of sp³-hybridized carbons (Fsp3) is 0.474. The zero-order valence-corrected chi connectivity index (χ0v) is 29.5. The molecule has 0 aliphatic carbocycles. The Morgan fingerprint density at radius 1 is 1.00 bits per heavy atom. The van der Waals surface area contributed by atoms with Crippen molar-refractivity contribution >= 4 is 30.6 Å². The van der Waals surface area contributed by atoms with E-state index in [4.69, 9.17) is 13.9 Å². The van der Waals surface area contributed by atoms with Gasteiger partial charge in [-0.15, -0.1) is 0 Å². The van der Waals surface area contributed by atoms with Crippen LogP contribution in [0, 0.1) is 5.92 Å². The van der Waals surface area contributed by atoms with Crippen molar-refractivity contribution in [2.75, 3.05) is 0 Å². The van der Waals surface area contributed by atoms with E-state index in [-0.39, 0.29) is 23.8 Å². The van der Waals surface area contributed by atoms with Gasteiger partial charge in [0.05, 0.1) is 6.10 Å². The largest absolute Gasteiger partial charge is 0.456 e. The summed E-state index contributed by atoms with van der Waals surface area (Å²) in [4.78, 5) is 26.3. The molecule has 1 heterocycles. The van der Waals surface area contributed by atoms with Crippen molar-refractivity contribution in [3.63, 3.8) is 0 Å². The molecule has 0 amide bonds. The van der Waals surface area contributed by atoms with Crippen LogP contribution in [0.1, 0.15) is 81.6 Å². The molecule has 0 fully saturated rings. The maximum absolute atomic E-state index is 13.3. The number of esters is 2. The molecule has 3 rings (SSSR count). The van der Waals surface area contributed by atoms with Crippen molar-refractivity contribution in [1.29, 1.82) is 0 Å². The van der Waals surface area contributed by atoms with Crippen LogP contribution in [0.4, 0.5) is 0 Å². The summed E-state index contributed by atoms with van der Waals surface area (Å²) >= 11 is 0. The third kappa shape index (κ3) is 8.93. The first-order valence-corrected chi connectivity index (χ1v) is 18.0. The summed E-state index contributed by atoms with van der Waals surface area (Å²) in [5, 5.41) is 13.6. The average Bonchev–Trinajstić information content (AvgIpc) is 3.00. The standard InChI is InChI=1S/C38H52O6Si/c1-10-27(4)33-24-22-28(5)35(36(43-34(40)25-26(2)3)32(39)23-21-29(6)37(41)42-33)44-45(38(7,8)9,30-17-13-11-14-18-30)31-19-15-12-16-20-31/h10-22,26,32-33,35-36,39H,23-25H2,1-9H3/t32?,33-,35-,36-/m1/s1. The number of rotatable bonds is 8. The van der Waals surface area contributed by atoms with Crippen molar-refractivity contribution in [2.45, 2.75) is 111 Å². The van der Waals surface area contributed by atoms with Crippen LogP contribution < -0.4 is 10.4 Å². The zero-order valence-electron chi connectivity index (χ0n) is 28.5. The molecule has 0 aromatic heterocycles. The van der Waals surface area contributed by atoms with E-state index in [0.29, 0.717) is 12.0 Å². The molecule has 4 atom stereocenters. The zero-order chi connectivity index (χ0) is 33.4. The molecule has 2 aromatic carbocycles. The van der Waals surface area contributed by atoms with Gasteiger partial charge in [-0.25, -0.2) is 4.79 Å². The van der Waals surface area contributed by atoms with Gasteiger partial charge in [-0.05, 0) is 66.6 Å². The number of ether oxygens (including phenoxy) is 2. The highest BCUT2D eigenvalue weighted by Crippen LogP contribution is 2.39. The molecule has 0 saturated heterocycles. The molecule has 0 saturated carbocycles. The summed E-state index contributed by atoms with van der Waals surface area (Å²) in [7, 11) is -3.15. The fourth-order valence-corrected chi connectivity index (χ4v) is 10.6. The summed E-state index contributed by atoms with van der Waals surface area (Å²) < 4.78 is 19.7. The Hall–Kier alpha value is -3.26. The molecule has 244 valence electrons. The number of benzene rings is 2. The maximum Gasteiger partial charge on any atom is 0.333 e. The molecule has 1 N–H and O–H groups in total. The van der Waals surface area contributed by atoms with Gasteiger partial charge in [0.2, 0.25) is 0 Å². The van der Waals surface area contributed by atoms with E-state index in [0.717, 1.165) is 21.5 Å². The Bertz CT molecular complexity index is 1330. The Labute approximate surface area is 271 Å². The highest BCUT2D eigenvalue weighted by molar-refractivity contribution is 6.99. The summed E-state index contributed by atoms with van der Waals surface area (Å²) in [6.45, 7) is 18.0. The van der Waals surface area contributed by atoms with Crippen LogP contribution in [0.3, 0.4) is 0 Å². The minimum Gasteiger partial charge on any atom is -0.456 e. The quantitative estimate of drug-likeness (QED) is 0.196. The Morgan fingerprint density at radius 2 is 1.56 bits per heavy atom. The van der Waals surface area contributed by atoms with Crippen LogP contribution >= 0.6 is 0 Å². The van der Waals surface area contributed by atoms with Gasteiger partial charge in [-0.2, -0.15) is 0 Å². The van der Waals surface area contributed by atoms with Crippen LogP contribution in [-0.2, 0) is 23.5 Å². The number of cyclic esters (lactones) is 1. The van der Waals surface area contributed by atoms with Crippen LogP contribution in [-0.4, -0.2) is 49.8 Å². The predicted molar refractivity (Wildman–Crippen MR) is 184 cm³/mol. The average molecular weight is 633 g/mol. The number of aliphatic hydroxyl groups excluding tert-OH is 1. The molecule has 6 nitrogen and oxygen atoms in total. The van der Waals surface area contributed by atoms with Crippen molar-refractivity contribution < 1.29 is 28.6 Å². The SMILES string of the molecule is CC=C(C)[C@H]1CC=C(C)[C@@H](O[Si](c2ccccc2)(c2ccccc2)C(C)(C)C)[C@H](OC(=O)CC(C)C)C(O)CC=C(C)C(=O)O1. The van der Waals surface area contributed by atoms with Gasteiger partial charge in [0.25, 0.3) is 8.32 Å². The number of hydrogen-bond acceptors (Lipinski definition) is 6. The summed E-state index contributed by atoms with van der Waals surface area (Å²) in [5.74, 6) is -0.753. The molecule has 0 spiro atoms. The van der Waals surface area contributed by atoms with E-state index in [1.165, 1.54) is 0 Å². The smallest absolute Gasteiger partial charge is 0.333 e. The summed E-state index contributed by atoms with van der Waals surface area (Å²) in [5.41, 5.74) is 2.12. The van der Waals surface area contributed by atoms with Crippen molar-refractivity contribution in [1.82, 2.24) is 0 Å². The number of hydrogen-bond donors (Lipinski definition) is 1. The van der Waals surface area contributed by atoms with Crippen LogP contribution in [0.2, 0.25) is 5.04 Å². The highest BCUT2D eigenvalue weighted by Gasteiger charge is 2.53. The van der Waals surface area contributed by atoms with E-state index in [2.05, 4.69) is 45.0 Å². The van der Waals surface area contributed by atoms with E-state index >= 15 is 0 Å². The van der Waals surface area contributed by atoms with E-state index in [1.54, 1.807) is 13.0 Å². The second kappa shape index (κ2) is 15.8. The van der Waals surface area contributed by atoms with Crippen molar-refractivity contribution in [3.05, 3.63) is 95.6 Å². The lowest BCUT2D eigenvalue weighted by atomic mass is 9.96. The van der Waals surface area contributed by atoms with Gasteiger partial charge in [-0.3, -0.25) is 4.79 Å². The van der Waals surface area contributed by atoms with Crippen molar-refractivity contribution in [3.8, 4) is 0 Å². The molecule has 2 aromatic rings. The number of aliphatic hydroxyl groups is 1. The second-order valence-electron chi connectivity index (χ2n) is 13.6.